The Hall–Kier alpha value is -2.30. The van der Waals surface area contributed by atoms with E-state index in [1.54, 1.807) is 25.2 Å². The third-order valence-electron chi connectivity index (χ3n) is 3.32. The smallest absolute Gasteiger partial charge is 0.337 e. The molecule has 5 heteroatoms. The van der Waals surface area contributed by atoms with Crippen LogP contribution in [0.25, 0.3) is 0 Å². The fourth-order valence-electron chi connectivity index (χ4n) is 2.11. The Morgan fingerprint density at radius 2 is 1.73 bits per heavy atom. The van der Waals surface area contributed by atoms with Crippen LogP contribution in [-0.4, -0.2) is 17.9 Å². The third-order valence-corrected chi connectivity index (χ3v) is 3.32. The summed E-state index contributed by atoms with van der Waals surface area (Å²) in [5, 5.41) is 0. The lowest BCUT2D eigenvalue weighted by Gasteiger charge is -2.18. The maximum atomic E-state index is 12.7. The maximum absolute atomic E-state index is 12.7. The molecule has 0 bridgehead atoms. The van der Waals surface area contributed by atoms with Crippen molar-refractivity contribution in [3.8, 4) is 0 Å². The molecule has 1 amide bonds. The fraction of sp³-hybridized carbons (Fsp3) is 0.235. The minimum atomic E-state index is -4.38. The van der Waals surface area contributed by atoms with E-state index in [9.17, 15) is 18.0 Å². The van der Waals surface area contributed by atoms with E-state index in [-0.39, 0.29) is 12.5 Å². The first-order chi connectivity index (χ1) is 10.3. The second-order valence-corrected chi connectivity index (χ2v) is 5.23. The minimum absolute atomic E-state index is 0.122. The van der Waals surface area contributed by atoms with Crippen LogP contribution < -0.4 is 0 Å². The van der Waals surface area contributed by atoms with Gasteiger partial charge in [0.2, 0.25) is 0 Å². The quantitative estimate of drug-likeness (QED) is 0.828. The van der Waals surface area contributed by atoms with E-state index in [1.807, 2.05) is 19.1 Å². The van der Waals surface area contributed by atoms with Crippen LogP contribution in [-0.2, 0) is 12.7 Å². The molecule has 0 N–H and O–H groups in total. The van der Waals surface area contributed by atoms with Gasteiger partial charge in [-0.2, -0.15) is 13.2 Å². The summed E-state index contributed by atoms with van der Waals surface area (Å²) in [6.45, 7) is 2.04. The highest BCUT2D eigenvalue weighted by molar-refractivity contribution is 5.94. The van der Waals surface area contributed by atoms with Gasteiger partial charge in [-0.3, -0.25) is 4.79 Å². The average Bonchev–Trinajstić information content (AvgIpc) is 2.46. The lowest BCUT2D eigenvalue weighted by Crippen LogP contribution is -2.26. The highest BCUT2D eigenvalue weighted by atomic mass is 19.4. The van der Waals surface area contributed by atoms with Gasteiger partial charge >= 0.3 is 6.18 Å². The number of carbonyl (C=O) groups is 1. The van der Waals surface area contributed by atoms with Gasteiger partial charge in [0.05, 0.1) is 5.56 Å². The third kappa shape index (κ3) is 3.87. The molecule has 2 aromatic carbocycles. The molecule has 0 saturated heterocycles. The van der Waals surface area contributed by atoms with Crippen LogP contribution in [0.1, 0.15) is 27.0 Å². The first-order valence-corrected chi connectivity index (χ1v) is 6.75. The predicted molar refractivity (Wildman–Crippen MR) is 78.4 cm³/mol. The van der Waals surface area contributed by atoms with Crippen molar-refractivity contribution in [2.45, 2.75) is 19.6 Å². The summed E-state index contributed by atoms with van der Waals surface area (Å²) in [6.07, 6.45) is -4.38. The van der Waals surface area contributed by atoms with Crippen molar-refractivity contribution in [2.24, 2.45) is 0 Å². The monoisotopic (exact) mass is 307 g/mol. The van der Waals surface area contributed by atoms with E-state index >= 15 is 0 Å². The highest BCUT2D eigenvalue weighted by Gasteiger charge is 2.30. The number of alkyl halides is 3. The lowest BCUT2D eigenvalue weighted by atomic mass is 10.1. The fourth-order valence-corrected chi connectivity index (χ4v) is 2.11. The highest BCUT2D eigenvalue weighted by Crippen LogP contribution is 2.29. The summed E-state index contributed by atoms with van der Waals surface area (Å²) in [5.41, 5.74) is 1.29. The molecule has 2 aromatic rings. The number of hydrogen-bond donors (Lipinski definition) is 0. The molecule has 0 aliphatic heterocycles. The molecule has 2 nitrogen and oxygen atoms in total. The van der Waals surface area contributed by atoms with E-state index in [0.717, 1.165) is 17.7 Å². The van der Waals surface area contributed by atoms with Gasteiger partial charge in [-0.05, 0) is 36.8 Å². The van der Waals surface area contributed by atoms with Crippen molar-refractivity contribution in [3.05, 3.63) is 70.8 Å². The second kappa shape index (κ2) is 6.22. The van der Waals surface area contributed by atoms with Crippen molar-refractivity contribution in [2.75, 3.05) is 7.05 Å². The van der Waals surface area contributed by atoms with Crippen LogP contribution >= 0.6 is 0 Å². The Morgan fingerprint density at radius 1 is 1.09 bits per heavy atom. The predicted octanol–water partition coefficient (Wildman–Crippen LogP) is 4.29. The van der Waals surface area contributed by atoms with E-state index in [2.05, 4.69) is 0 Å². The minimum Gasteiger partial charge on any atom is -0.337 e. The summed E-state index contributed by atoms with van der Waals surface area (Å²) in [4.78, 5) is 13.6. The average molecular weight is 307 g/mol. The topological polar surface area (TPSA) is 20.3 Å². The molecule has 0 radical (unpaired) electrons. The van der Waals surface area contributed by atoms with Crippen LogP contribution in [0.2, 0.25) is 0 Å². The van der Waals surface area contributed by atoms with Gasteiger partial charge in [-0.1, -0.05) is 29.8 Å². The molecule has 0 aliphatic rings. The number of benzene rings is 2. The van der Waals surface area contributed by atoms with Crippen molar-refractivity contribution in [1.29, 1.82) is 0 Å². The Kier molecular flexibility index (Phi) is 4.54. The van der Waals surface area contributed by atoms with Crippen LogP contribution in [0.4, 0.5) is 13.2 Å². The number of aryl methyl sites for hydroxylation is 1. The van der Waals surface area contributed by atoms with Gasteiger partial charge in [0, 0.05) is 19.2 Å². The van der Waals surface area contributed by atoms with E-state index < -0.39 is 11.7 Å². The van der Waals surface area contributed by atoms with Gasteiger partial charge in [0.25, 0.3) is 5.91 Å². The zero-order chi connectivity index (χ0) is 16.3. The van der Waals surface area contributed by atoms with E-state index in [1.165, 1.54) is 11.0 Å². The summed E-state index contributed by atoms with van der Waals surface area (Å²) >= 11 is 0. The SMILES string of the molecule is Cc1ccc(C(=O)N(C)Cc2cccc(C(F)(F)F)c2)cc1. The molecule has 2 rings (SSSR count). The Morgan fingerprint density at radius 3 is 2.32 bits per heavy atom. The first kappa shape index (κ1) is 16.1. The van der Waals surface area contributed by atoms with E-state index in [4.69, 9.17) is 0 Å². The van der Waals surface area contributed by atoms with Crippen molar-refractivity contribution in [3.63, 3.8) is 0 Å². The molecular formula is C17H16F3NO. The molecule has 0 aliphatic carbocycles. The summed E-state index contributed by atoms with van der Waals surface area (Å²) in [5.74, 6) is -0.225. The molecule has 0 spiro atoms. The molecule has 0 heterocycles. The van der Waals surface area contributed by atoms with Gasteiger partial charge in [-0.25, -0.2) is 0 Å². The summed E-state index contributed by atoms with van der Waals surface area (Å²) < 4.78 is 38.1. The maximum Gasteiger partial charge on any atom is 0.416 e. The number of hydrogen-bond acceptors (Lipinski definition) is 1. The first-order valence-electron chi connectivity index (χ1n) is 6.75. The number of rotatable bonds is 3. The molecule has 22 heavy (non-hydrogen) atoms. The largest absolute Gasteiger partial charge is 0.416 e. The Labute approximate surface area is 127 Å². The Bertz CT molecular complexity index is 662. The number of halogens is 3. The van der Waals surface area contributed by atoms with Gasteiger partial charge < -0.3 is 4.90 Å². The van der Waals surface area contributed by atoms with Gasteiger partial charge in [-0.15, -0.1) is 0 Å². The van der Waals surface area contributed by atoms with Crippen LogP contribution in [0.5, 0.6) is 0 Å². The summed E-state index contributed by atoms with van der Waals surface area (Å²) in [7, 11) is 1.57. The standard InChI is InChI=1S/C17H16F3NO/c1-12-6-8-14(9-7-12)16(22)21(2)11-13-4-3-5-15(10-13)17(18,19)20/h3-10H,11H2,1-2H3. The van der Waals surface area contributed by atoms with Crippen molar-refractivity contribution < 1.29 is 18.0 Å². The molecule has 0 unspecified atom stereocenters. The molecule has 0 saturated carbocycles. The van der Waals surface area contributed by atoms with Crippen molar-refractivity contribution >= 4 is 5.91 Å². The molecule has 0 fully saturated rings. The van der Waals surface area contributed by atoms with Gasteiger partial charge in [0.15, 0.2) is 0 Å². The lowest BCUT2D eigenvalue weighted by molar-refractivity contribution is -0.137. The number of amides is 1. The van der Waals surface area contributed by atoms with Crippen LogP contribution in [0.3, 0.4) is 0 Å². The van der Waals surface area contributed by atoms with Crippen molar-refractivity contribution in [1.82, 2.24) is 4.90 Å². The van der Waals surface area contributed by atoms with Crippen LogP contribution in [0.15, 0.2) is 48.5 Å². The molecular weight excluding hydrogens is 291 g/mol. The molecule has 0 atom stereocenters. The second-order valence-electron chi connectivity index (χ2n) is 5.23. The zero-order valence-electron chi connectivity index (χ0n) is 12.3. The Balaban J connectivity index is 2.13. The number of carbonyl (C=O) groups excluding carboxylic acids is 1. The summed E-state index contributed by atoms with van der Waals surface area (Å²) in [6, 6.07) is 12.1. The van der Waals surface area contributed by atoms with Crippen LogP contribution in [0, 0.1) is 6.92 Å². The van der Waals surface area contributed by atoms with E-state index in [0.29, 0.717) is 11.1 Å². The van der Waals surface area contributed by atoms with Gasteiger partial charge in [0.1, 0.15) is 0 Å². The number of nitrogens with zero attached hydrogens (tertiary/aromatic N) is 1. The zero-order valence-corrected chi connectivity index (χ0v) is 12.3. The normalized spacial score (nSPS) is 11.3. The molecule has 0 aromatic heterocycles. The molecule has 116 valence electrons.